The minimum Gasteiger partial charge on any atom is -0.496 e. The minimum absolute atomic E-state index is 0.0129. The zero-order valence-corrected chi connectivity index (χ0v) is 17.8. The number of nitrogens with zero attached hydrogens (tertiary/aromatic N) is 1. The first-order chi connectivity index (χ1) is 14.0. The van der Waals surface area contributed by atoms with E-state index in [9.17, 15) is 4.79 Å². The van der Waals surface area contributed by atoms with Crippen LogP contribution >= 0.6 is 11.9 Å². The summed E-state index contributed by atoms with van der Waals surface area (Å²) in [5.74, 6) is 0.776. The Morgan fingerprint density at radius 2 is 1.66 bits per heavy atom. The predicted molar refractivity (Wildman–Crippen MR) is 122 cm³/mol. The third kappa shape index (κ3) is 5.03. The molecule has 3 aromatic rings. The Kier molecular flexibility index (Phi) is 6.67. The van der Waals surface area contributed by atoms with Crippen LogP contribution in [0.15, 0.2) is 71.6 Å². The maximum atomic E-state index is 12.3. The van der Waals surface area contributed by atoms with Crippen molar-refractivity contribution in [3.05, 3.63) is 72.3 Å². The fourth-order valence-electron chi connectivity index (χ4n) is 2.88. The lowest BCUT2D eigenvalue weighted by molar-refractivity contribution is 0.0827. The van der Waals surface area contributed by atoms with Crippen molar-refractivity contribution in [3.63, 3.8) is 0 Å². The van der Waals surface area contributed by atoms with Crippen molar-refractivity contribution in [2.75, 3.05) is 38.3 Å². The molecule has 6 heteroatoms. The van der Waals surface area contributed by atoms with Crippen LogP contribution in [-0.4, -0.2) is 39.1 Å². The van der Waals surface area contributed by atoms with E-state index < -0.39 is 0 Å². The number of hydrogen-bond donors (Lipinski definition) is 2. The molecule has 0 aliphatic carbocycles. The molecule has 0 atom stereocenters. The van der Waals surface area contributed by atoms with E-state index in [0.717, 1.165) is 33.1 Å². The highest BCUT2D eigenvalue weighted by atomic mass is 32.2. The first-order valence-electron chi connectivity index (χ1n) is 9.22. The van der Waals surface area contributed by atoms with Crippen molar-refractivity contribution in [3.8, 4) is 16.9 Å². The summed E-state index contributed by atoms with van der Waals surface area (Å²) < 4.78 is 8.90. The number of methoxy groups -OCH3 is 1. The standard InChI is InChI=1S/C23H25N3O2S/c1-24-19-9-6-10-20(15-19)25-29-22-14-17(11-12-21(22)28-4)16-7-5-8-18(13-16)23(27)26(2)3/h5-15,24-25H,1-4H3. The summed E-state index contributed by atoms with van der Waals surface area (Å²) in [6, 6.07) is 21.8. The number of rotatable bonds is 7. The largest absolute Gasteiger partial charge is 0.496 e. The molecule has 1 amide bonds. The monoisotopic (exact) mass is 407 g/mol. The summed E-state index contributed by atoms with van der Waals surface area (Å²) in [6.45, 7) is 0. The summed E-state index contributed by atoms with van der Waals surface area (Å²) in [5, 5.41) is 3.14. The van der Waals surface area contributed by atoms with E-state index in [2.05, 4.69) is 16.1 Å². The topological polar surface area (TPSA) is 53.6 Å². The highest BCUT2D eigenvalue weighted by Gasteiger charge is 2.11. The van der Waals surface area contributed by atoms with Crippen LogP contribution in [0.3, 0.4) is 0 Å². The Hall–Kier alpha value is -3.12. The summed E-state index contributed by atoms with van der Waals surface area (Å²) in [7, 11) is 7.07. The highest BCUT2D eigenvalue weighted by Crippen LogP contribution is 2.34. The Balaban J connectivity index is 1.87. The maximum absolute atomic E-state index is 12.3. The van der Waals surface area contributed by atoms with E-state index >= 15 is 0 Å². The van der Waals surface area contributed by atoms with Gasteiger partial charge in [-0.2, -0.15) is 0 Å². The normalized spacial score (nSPS) is 10.3. The van der Waals surface area contributed by atoms with E-state index in [0.29, 0.717) is 5.56 Å². The van der Waals surface area contributed by atoms with E-state index in [4.69, 9.17) is 4.74 Å². The third-order valence-corrected chi connectivity index (χ3v) is 5.32. The van der Waals surface area contributed by atoms with E-state index in [1.54, 1.807) is 26.1 Å². The summed E-state index contributed by atoms with van der Waals surface area (Å²) in [4.78, 5) is 14.8. The summed E-state index contributed by atoms with van der Waals surface area (Å²) in [6.07, 6.45) is 0. The molecule has 5 nitrogen and oxygen atoms in total. The van der Waals surface area contributed by atoms with Crippen molar-refractivity contribution < 1.29 is 9.53 Å². The van der Waals surface area contributed by atoms with Crippen molar-refractivity contribution in [1.29, 1.82) is 0 Å². The fourth-order valence-corrected chi connectivity index (χ4v) is 3.67. The van der Waals surface area contributed by atoms with Gasteiger partial charge in [-0.3, -0.25) is 4.79 Å². The van der Waals surface area contributed by atoms with Gasteiger partial charge in [0.15, 0.2) is 0 Å². The number of anilines is 2. The minimum atomic E-state index is -0.0129. The highest BCUT2D eigenvalue weighted by molar-refractivity contribution is 8.00. The molecule has 0 unspecified atom stereocenters. The number of ether oxygens (including phenoxy) is 1. The summed E-state index contributed by atoms with van der Waals surface area (Å²) in [5.41, 5.74) is 4.71. The maximum Gasteiger partial charge on any atom is 0.253 e. The number of nitrogens with one attached hydrogen (secondary N) is 2. The molecule has 0 radical (unpaired) electrons. The van der Waals surface area contributed by atoms with Crippen LogP contribution in [0.25, 0.3) is 11.1 Å². The number of benzene rings is 3. The molecule has 0 heterocycles. The van der Waals surface area contributed by atoms with Gasteiger partial charge in [-0.1, -0.05) is 24.3 Å². The molecule has 0 aliphatic heterocycles. The van der Waals surface area contributed by atoms with Gasteiger partial charge in [0, 0.05) is 38.1 Å². The Bertz CT molecular complexity index is 1000. The fraction of sp³-hybridized carbons (Fsp3) is 0.174. The molecular formula is C23H25N3O2S. The first-order valence-corrected chi connectivity index (χ1v) is 10.0. The molecule has 0 aromatic heterocycles. The molecule has 0 saturated heterocycles. The van der Waals surface area contributed by atoms with Crippen molar-refractivity contribution in [2.45, 2.75) is 4.90 Å². The zero-order chi connectivity index (χ0) is 20.8. The van der Waals surface area contributed by atoms with E-state index in [1.807, 2.05) is 67.7 Å². The Morgan fingerprint density at radius 3 is 2.38 bits per heavy atom. The van der Waals surface area contributed by atoms with Gasteiger partial charge in [0.05, 0.1) is 12.0 Å². The molecule has 0 fully saturated rings. The number of hydrogen-bond acceptors (Lipinski definition) is 5. The quantitative estimate of drug-likeness (QED) is 0.526. The van der Waals surface area contributed by atoms with Crippen molar-refractivity contribution in [2.24, 2.45) is 0 Å². The van der Waals surface area contributed by atoms with Gasteiger partial charge >= 0.3 is 0 Å². The van der Waals surface area contributed by atoms with Crippen LogP contribution in [0, 0.1) is 0 Å². The lowest BCUT2D eigenvalue weighted by Crippen LogP contribution is -2.21. The second kappa shape index (κ2) is 9.39. The van der Waals surface area contributed by atoms with Gasteiger partial charge in [0.25, 0.3) is 5.91 Å². The van der Waals surface area contributed by atoms with Crippen LogP contribution in [0.5, 0.6) is 5.75 Å². The molecule has 0 spiro atoms. The SMILES string of the molecule is CNc1cccc(NSc2cc(-c3cccc(C(=O)N(C)C)c3)ccc2OC)c1. The summed E-state index contributed by atoms with van der Waals surface area (Å²) >= 11 is 1.49. The molecule has 2 N–H and O–H groups in total. The smallest absolute Gasteiger partial charge is 0.253 e. The van der Waals surface area contributed by atoms with Crippen LogP contribution in [0.2, 0.25) is 0 Å². The molecule has 0 aliphatic rings. The second-order valence-electron chi connectivity index (χ2n) is 6.68. The lowest BCUT2D eigenvalue weighted by atomic mass is 10.0. The van der Waals surface area contributed by atoms with Crippen LogP contribution in [-0.2, 0) is 0 Å². The third-order valence-electron chi connectivity index (χ3n) is 4.44. The predicted octanol–water partition coefficient (Wildman–Crippen LogP) is 5.22. The van der Waals surface area contributed by atoms with Gasteiger partial charge in [-0.25, -0.2) is 0 Å². The van der Waals surface area contributed by atoms with Gasteiger partial charge in [0.2, 0.25) is 0 Å². The number of carbonyl (C=O) groups is 1. The molecular weight excluding hydrogens is 382 g/mol. The Morgan fingerprint density at radius 1 is 0.931 bits per heavy atom. The van der Waals surface area contributed by atoms with E-state index in [1.165, 1.54) is 11.9 Å². The zero-order valence-electron chi connectivity index (χ0n) is 17.0. The molecule has 29 heavy (non-hydrogen) atoms. The second-order valence-corrected chi connectivity index (χ2v) is 7.53. The molecule has 0 saturated carbocycles. The molecule has 3 rings (SSSR count). The average molecular weight is 408 g/mol. The van der Waals surface area contributed by atoms with Gasteiger partial charge in [0.1, 0.15) is 5.75 Å². The van der Waals surface area contributed by atoms with Crippen LogP contribution in [0.1, 0.15) is 10.4 Å². The molecule has 150 valence electrons. The van der Waals surface area contributed by atoms with Crippen molar-refractivity contribution >= 4 is 29.2 Å². The number of carbonyl (C=O) groups excluding carboxylic acids is 1. The van der Waals surface area contributed by atoms with Gasteiger partial charge in [-0.15, -0.1) is 0 Å². The van der Waals surface area contributed by atoms with Gasteiger partial charge in [-0.05, 0) is 65.5 Å². The Labute approximate surface area is 176 Å². The van der Waals surface area contributed by atoms with E-state index in [-0.39, 0.29) is 5.91 Å². The van der Waals surface area contributed by atoms with Crippen LogP contribution < -0.4 is 14.8 Å². The molecule has 3 aromatic carbocycles. The van der Waals surface area contributed by atoms with Crippen LogP contribution in [0.4, 0.5) is 11.4 Å². The lowest BCUT2D eigenvalue weighted by Gasteiger charge is -2.14. The first kappa shape index (κ1) is 20.6. The average Bonchev–Trinajstić information content (AvgIpc) is 2.77. The van der Waals surface area contributed by atoms with Gasteiger partial charge < -0.3 is 19.7 Å². The number of amides is 1. The molecule has 0 bridgehead atoms. The van der Waals surface area contributed by atoms with Crippen molar-refractivity contribution in [1.82, 2.24) is 4.90 Å².